The number of benzene rings is 1. The number of nitrogens with one attached hydrogen (secondary N) is 1. The third-order valence-electron chi connectivity index (χ3n) is 4.67. The molecule has 2 heterocycles. The van der Waals surface area contributed by atoms with Gasteiger partial charge in [0.25, 0.3) is 5.91 Å². The number of hydrogen-bond acceptors (Lipinski definition) is 4. The third-order valence-corrected chi connectivity index (χ3v) is 6.31. The lowest BCUT2D eigenvalue weighted by atomic mass is 10.2. The van der Waals surface area contributed by atoms with Gasteiger partial charge in [-0.3, -0.25) is 19.0 Å². The molecule has 1 aliphatic rings. The monoisotopic (exact) mass is 448 g/mol. The molecule has 1 N–H and O–H groups in total. The van der Waals surface area contributed by atoms with Gasteiger partial charge in [-0.25, -0.2) is 0 Å². The number of carbonyl (C=O) groups excluding carboxylic acids is 1. The number of rotatable bonds is 6. The number of aromatic nitrogens is 2. The molecule has 0 spiro atoms. The fourth-order valence-electron chi connectivity index (χ4n) is 2.98. The van der Waals surface area contributed by atoms with E-state index < -0.39 is 28.6 Å². The number of nitrogens with zero attached hydrogens (tertiary/aromatic N) is 3. The smallest absolute Gasteiger partial charge is 0.332 e. The van der Waals surface area contributed by atoms with E-state index in [9.17, 15) is 22.2 Å². The Bertz CT molecular complexity index is 880. The average Bonchev–Trinajstić information content (AvgIpc) is 3.18. The minimum absolute atomic E-state index is 0.145. The van der Waals surface area contributed by atoms with Crippen LogP contribution >= 0.6 is 11.6 Å². The van der Waals surface area contributed by atoms with Crippen molar-refractivity contribution in [2.75, 3.05) is 37.7 Å². The molecule has 1 aliphatic heterocycles. The van der Waals surface area contributed by atoms with E-state index in [0.29, 0.717) is 47.8 Å². The topological polar surface area (TPSA) is 69.3 Å². The molecule has 1 aromatic carbocycles. The fourth-order valence-corrected chi connectivity index (χ4v) is 4.31. The lowest BCUT2D eigenvalue weighted by Crippen LogP contribution is -2.43. The summed E-state index contributed by atoms with van der Waals surface area (Å²) in [6.07, 6.45) is -4.61. The van der Waals surface area contributed by atoms with Crippen LogP contribution in [0, 0.1) is 0 Å². The van der Waals surface area contributed by atoms with E-state index in [1.165, 1.54) is 4.90 Å². The van der Waals surface area contributed by atoms with Crippen LogP contribution in [0.15, 0.2) is 30.3 Å². The van der Waals surface area contributed by atoms with Crippen LogP contribution in [0.4, 0.5) is 13.2 Å². The molecule has 2 aromatic rings. The van der Waals surface area contributed by atoms with Crippen LogP contribution in [0.25, 0.3) is 0 Å². The third kappa shape index (κ3) is 5.80. The highest BCUT2D eigenvalue weighted by molar-refractivity contribution is 7.85. The van der Waals surface area contributed by atoms with Crippen LogP contribution in [0.1, 0.15) is 21.7 Å². The van der Waals surface area contributed by atoms with Crippen LogP contribution in [-0.2, 0) is 23.5 Å². The highest BCUT2D eigenvalue weighted by Gasteiger charge is 2.34. The second-order valence-corrected chi connectivity index (χ2v) is 8.78. The first kappa shape index (κ1) is 21.8. The van der Waals surface area contributed by atoms with Crippen molar-refractivity contribution in [2.45, 2.75) is 12.7 Å². The van der Waals surface area contributed by atoms with Gasteiger partial charge in [-0.05, 0) is 11.6 Å². The van der Waals surface area contributed by atoms with Crippen molar-refractivity contribution in [3.63, 3.8) is 0 Å². The number of H-pyrrole nitrogens is 1. The maximum Gasteiger partial charge on any atom is 0.432 e. The second kappa shape index (κ2) is 9.27. The summed E-state index contributed by atoms with van der Waals surface area (Å²) in [7, 11) is -0.814. The van der Waals surface area contributed by atoms with Crippen molar-refractivity contribution in [3.05, 3.63) is 52.3 Å². The van der Waals surface area contributed by atoms with Crippen molar-refractivity contribution < 1.29 is 22.2 Å². The highest BCUT2D eigenvalue weighted by Crippen LogP contribution is 2.28. The van der Waals surface area contributed by atoms with Gasteiger partial charge in [-0.15, -0.1) is 0 Å². The van der Waals surface area contributed by atoms with E-state index in [4.69, 9.17) is 11.6 Å². The first-order valence-corrected chi connectivity index (χ1v) is 10.8. The zero-order valence-corrected chi connectivity index (χ0v) is 17.0. The predicted octanol–water partition coefficient (Wildman–Crippen LogP) is 2.79. The van der Waals surface area contributed by atoms with Gasteiger partial charge in [0.1, 0.15) is 5.69 Å². The normalized spacial score (nSPS) is 16.1. The summed E-state index contributed by atoms with van der Waals surface area (Å²) in [5.41, 5.74) is -0.685. The van der Waals surface area contributed by atoms with Crippen LogP contribution in [0.5, 0.6) is 0 Å². The summed E-state index contributed by atoms with van der Waals surface area (Å²) < 4.78 is 50.0. The molecule has 1 amide bonds. The molecule has 158 valence electrons. The molecule has 1 fully saturated rings. The Labute approximate surface area is 173 Å². The molecule has 0 unspecified atom stereocenters. The Hall–Kier alpha value is -1.91. The van der Waals surface area contributed by atoms with Gasteiger partial charge in [0.15, 0.2) is 5.69 Å². The minimum Gasteiger partial charge on any atom is -0.332 e. The Morgan fingerprint density at radius 2 is 1.97 bits per heavy atom. The fraction of sp³-hybridized carbons (Fsp3) is 0.444. The summed E-state index contributed by atoms with van der Waals surface area (Å²) >= 11 is 6.20. The summed E-state index contributed by atoms with van der Waals surface area (Å²) in [6.45, 7) is 2.25. The standard InChI is InChI=1S/C18H20ClF3N4O2S/c19-14-4-2-1-3-13(14)12-26(6-5-25-7-9-29(28)10-8-25)17(27)15-11-16(24-23-15)18(20,21)22/h1-4,11H,5-10,12H2,(H,23,24). The van der Waals surface area contributed by atoms with E-state index >= 15 is 0 Å². The quantitative estimate of drug-likeness (QED) is 0.737. The summed E-state index contributed by atoms with van der Waals surface area (Å²) in [4.78, 5) is 16.4. The van der Waals surface area contributed by atoms with Crippen molar-refractivity contribution in [1.82, 2.24) is 20.0 Å². The average molecular weight is 449 g/mol. The summed E-state index contributed by atoms with van der Waals surface area (Å²) in [5, 5.41) is 5.89. The Kier molecular flexibility index (Phi) is 6.97. The highest BCUT2D eigenvalue weighted by atomic mass is 35.5. The largest absolute Gasteiger partial charge is 0.432 e. The molecule has 0 saturated carbocycles. The van der Waals surface area contributed by atoms with Crippen molar-refractivity contribution >= 4 is 28.3 Å². The number of alkyl halides is 3. The van der Waals surface area contributed by atoms with Gasteiger partial charge >= 0.3 is 6.18 Å². The lowest BCUT2D eigenvalue weighted by Gasteiger charge is -2.29. The molecule has 0 bridgehead atoms. The number of carbonyl (C=O) groups is 1. The molecule has 0 aliphatic carbocycles. The van der Waals surface area contributed by atoms with Gasteiger partial charge in [0, 0.05) is 66.1 Å². The van der Waals surface area contributed by atoms with Gasteiger partial charge in [0.05, 0.1) is 0 Å². The van der Waals surface area contributed by atoms with Gasteiger partial charge < -0.3 is 4.90 Å². The van der Waals surface area contributed by atoms with Crippen LogP contribution in [0.3, 0.4) is 0 Å². The van der Waals surface area contributed by atoms with Crippen LogP contribution < -0.4 is 0 Å². The summed E-state index contributed by atoms with van der Waals surface area (Å²) in [5.74, 6) is 0.539. The molecule has 0 atom stereocenters. The predicted molar refractivity (Wildman–Crippen MR) is 104 cm³/mol. The second-order valence-electron chi connectivity index (χ2n) is 6.67. The molecular weight excluding hydrogens is 429 g/mol. The zero-order chi connectivity index (χ0) is 21.0. The molecule has 29 heavy (non-hydrogen) atoms. The molecule has 11 heteroatoms. The van der Waals surface area contributed by atoms with E-state index in [2.05, 4.69) is 10.00 Å². The number of amides is 1. The maximum absolute atomic E-state index is 12.9. The lowest BCUT2D eigenvalue weighted by molar-refractivity contribution is -0.141. The van der Waals surface area contributed by atoms with Crippen LogP contribution in [-0.4, -0.2) is 67.8 Å². The van der Waals surface area contributed by atoms with Crippen molar-refractivity contribution in [2.24, 2.45) is 0 Å². The van der Waals surface area contributed by atoms with Crippen molar-refractivity contribution in [3.8, 4) is 0 Å². The minimum atomic E-state index is -4.61. The van der Waals surface area contributed by atoms with Gasteiger partial charge in [-0.2, -0.15) is 18.3 Å². The number of aromatic amines is 1. The molecule has 6 nitrogen and oxygen atoms in total. The molecule has 1 aromatic heterocycles. The molecular formula is C18H20ClF3N4O2S. The van der Waals surface area contributed by atoms with E-state index in [-0.39, 0.29) is 18.8 Å². The SMILES string of the molecule is O=C(c1cc(C(F)(F)F)[nH]n1)N(CCN1CCS(=O)CC1)Cc1ccccc1Cl. The number of hydrogen-bond donors (Lipinski definition) is 1. The van der Waals surface area contributed by atoms with E-state index in [1.807, 2.05) is 5.10 Å². The Balaban J connectivity index is 1.76. The molecule has 1 saturated heterocycles. The summed E-state index contributed by atoms with van der Waals surface area (Å²) in [6, 6.07) is 7.70. The van der Waals surface area contributed by atoms with Crippen molar-refractivity contribution in [1.29, 1.82) is 0 Å². The Morgan fingerprint density at radius 3 is 2.59 bits per heavy atom. The first-order chi connectivity index (χ1) is 13.7. The van der Waals surface area contributed by atoms with E-state index in [1.54, 1.807) is 24.3 Å². The number of halogens is 4. The van der Waals surface area contributed by atoms with Gasteiger partial charge in [0.2, 0.25) is 0 Å². The maximum atomic E-state index is 12.9. The first-order valence-electron chi connectivity index (χ1n) is 8.96. The zero-order valence-electron chi connectivity index (χ0n) is 15.4. The van der Waals surface area contributed by atoms with Crippen LogP contribution in [0.2, 0.25) is 5.02 Å². The molecule has 3 rings (SSSR count). The van der Waals surface area contributed by atoms with E-state index in [0.717, 1.165) is 0 Å². The van der Waals surface area contributed by atoms with Gasteiger partial charge in [-0.1, -0.05) is 29.8 Å². The Morgan fingerprint density at radius 1 is 1.28 bits per heavy atom. The molecule has 0 radical (unpaired) electrons.